The fraction of sp³-hybridized carbons (Fsp3) is 0.381. The molecule has 168 valence electrons. The number of likely N-dealkylation sites (tertiary alicyclic amines) is 1. The molecule has 0 atom stereocenters. The zero-order chi connectivity index (χ0) is 22.5. The Bertz CT molecular complexity index is 1050. The zero-order valence-electron chi connectivity index (χ0n) is 17.6. The average Bonchev–Trinajstić information content (AvgIpc) is 3.27. The van der Waals surface area contributed by atoms with Crippen molar-refractivity contribution in [1.82, 2.24) is 30.5 Å². The van der Waals surface area contributed by atoms with E-state index in [9.17, 15) is 9.18 Å². The second-order valence-electron chi connectivity index (χ2n) is 7.80. The van der Waals surface area contributed by atoms with E-state index in [2.05, 4.69) is 25.0 Å². The number of amides is 1. The summed E-state index contributed by atoms with van der Waals surface area (Å²) in [6.07, 6.45) is 4.45. The minimum atomic E-state index is -0.678. The largest absolute Gasteiger partial charge is 0.337 e. The highest BCUT2D eigenvalue weighted by Gasteiger charge is 2.25. The van der Waals surface area contributed by atoms with Crippen LogP contribution in [0.25, 0.3) is 0 Å². The van der Waals surface area contributed by atoms with Gasteiger partial charge in [-0.05, 0) is 43.6 Å². The van der Waals surface area contributed by atoms with Gasteiger partial charge >= 0.3 is 0 Å². The van der Waals surface area contributed by atoms with Gasteiger partial charge in [0.2, 0.25) is 11.8 Å². The molecule has 32 heavy (non-hydrogen) atoms. The van der Waals surface area contributed by atoms with Crippen molar-refractivity contribution >= 4 is 11.9 Å². The molecule has 0 aliphatic carbocycles. The van der Waals surface area contributed by atoms with E-state index in [4.69, 9.17) is 9.73 Å². The average molecular weight is 441 g/mol. The fourth-order valence-electron chi connectivity index (χ4n) is 3.71. The van der Waals surface area contributed by atoms with Crippen molar-refractivity contribution in [2.24, 2.45) is 0 Å². The van der Waals surface area contributed by atoms with Gasteiger partial charge in [-0.2, -0.15) is 4.98 Å². The van der Waals surface area contributed by atoms with Gasteiger partial charge in [0.25, 0.3) is 5.91 Å². The van der Waals surface area contributed by atoms with E-state index in [1.54, 1.807) is 24.1 Å². The number of aromatic nitrogens is 4. The maximum Gasteiger partial charge on any atom is 0.277 e. The van der Waals surface area contributed by atoms with Crippen molar-refractivity contribution < 1.29 is 18.9 Å². The highest BCUT2D eigenvalue weighted by molar-refractivity contribution is 5.92. The van der Waals surface area contributed by atoms with E-state index in [-0.39, 0.29) is 17.3 Å². The van der Waals surface area contributed by atoms with Gasteiger partial charge in [0.05, 0.1) is 12.1 Å². The molecule has 2 N–H and O–H groups in total. The molecule has 1 amide bonds. The Hall–Kier alpha value is -3.44. The third-order valence-corrected chi connectivity index (χ3v) is 5.45. The fourth-order valence-corrected chi connectivity index (χ4v) is 3.71. The third-order valence-electron chi connectivity index (χ3n) is 5.45. The quantitative estimate of drug-likeness (QED) is 0.419. The van der Waals surface area contributed by atoms with Gasteiger partial charge in [-0.3, -0.25) is 14.9 Å². The van der Waals surface area contributed by atoms with Crippen LogP contribution in [0.15, 0.2) is 41.2 Å². The third kappa shape index (κ3) is 5.24. The molecule has 0 saturated carbocycles. The van der Waals surface area contributed by atoms with E-state index in [1.165, 1.54) is 23.9 Å². The standard InChI is InChI=1S/C21H24FN7O3/c1-28(21-23-10-16(11-24-21)20(30)26-31)13-18-25-19(27-32-18)15-5-7-29(8-6-15)12-14-3-2-4-17(22)9-14/h2-4,9-11,15,31H,5-8,12-13H2,1H3,(H,26,30). The Balaban J connectivity index is 1.30. The minimum Gasteiger partial charge on any atom is -0.337 e. The van der Waals surface area contributed by atoms with Crippen LogP contribution < -0.4 is 10.4 Å². The molecule has 10 nitrogen and oxygen atoms in total. The van der Waals surface area contributed by atoms with Crippen molar-refractivity contribution in [2.45, 2.75) is 31.8 Å². The molecule has 1 aromatic carbocycles. The monoisotopic (exact) mass is 441 g/mol. The summed E-state index contributed by atoms with van der Waals surface area (Å²) in [5, 5.41) is 12.8. The summed E-state index contributed by atoms with van der Waals surface area (Å²) in [6, 6.07) is 6.71. The Morgan fingerprint density at radius 3 is 2.75 bits per heavy atom. The number of nitrogens with zero attached hydrogens (tertiary/aromatic N) is 6. The first-order chi connectivity index (χ1) is 15.5. The van der Waals surface area contributed by atoms with Crippen molar-refractivity contribution in [3.05, 3.63) is 65.3 Å². The number of piperidine rings is 1. The lowest BCUT2D eigenvalue weighted by Crippen LogP contribution is -2.32. The highest BCUT2D eigenvalue weighted by atomic mass is 19.1. The van der Waals surface area contributed by atoms with Crippen molar-refractivity contribution in [3.63, 3.8) is 0 Å². The number of anilines is 1. The molecule has 0 radical (unpaired) electrons. The van der Waals surface area contributed by atoms with Gasteiger partial charge in [0.1, 0.15) is 5.82 Å². The van der Waals surface area contributed by atoms with E-state index in [0.29, 0.717) is 24.2 Å². The lowest BCUT2D eigenvalue weighted by atomic mass is 9.96. The molecule has 11 heteroatoms. The van der Waals surface area contributed by atoms with E-state index >= 15 is 0 Å². The van der Waals surface area contributed by atoms with Gasteiger partial charge in [-0.15, -0.1) is 0 Å². The Kier molecular flexibility index (Phi) is 6.66. The number of carbonyl (C=O) groups is 1. The molecule has 3 heterocycles. The van der Waals surface area contributed by atoms with E-state index in [0.717, 1.165) is 38.0 Å². The first kappa shape index (κ1) is 21.8. The number of hydroxylamine groups is 1. The molecule has 0 bridgehead atoms. The SMILES string of the molecule is CN(Cc1nc(C2CCN(Cc3cccc(F)c3)CC2)no1)c1ncc(C(=O)NO)cn1. The number of rotatable bonds is 7. The minimum absolute atomic E-state index is 0.147. The van der Waals surface area contributed by atoms with Crippen molar-refractivity contribution in [3.8, 4) is 0 Å². The highest BCUT2D eigenvalue weighted by Crippen LogP contribution is 2.27. The van der Waals surface area contributed by atoms with Crippen LogP contribution in [0, 0.1) is 5.82 Å². The van der Waals surface area contributed by atoms with Crippen molar-refractivity contribution in [1.29, 1.82) is 0 Å². The van der Waals surface area contributed by atoms with Gasteiger partial charge in [-0.1, -0.05) is 17.3 Å². The molecule has 1 aliphatic rings. The normalized spacial score (nSPS) is 15.0. The van der Waals surface area contributed by atoms with Crippen LogP contribution in [-0.2, 0) is 13.1 Å². The summed E-state index contributed by atoms with van der Waals surface area (Å²) in [6.45, 7) is 2.81. The molecule has 1 aliphatic heterocycles. The van der Waals surface area contributed by atoms with E-state index < -0.39 is 5.91 Å². The Labute approximate surface area is 184 Å². The van der Waals surface area contributed by atoms with Gasteiger partial charge < -0.3 is 9.42 Å². The number of carbonyl (C=O) groups excluding carboxylic acids is 1. The van der Waals surface area contributed by atoms with Crippen LogP contribution >= 0.6 is 0 Å². The Morgan fingerprint density at radius 1 is 1.31 bits per heavy atom. The van der Waals surface area contributed by atoms with Crippen LogP contribution in [0.5, 0.6) is 0 Å². The molecular formula is C21H24FN7O3. The summed E-state index contributed by atoms with van der Waals surface area (Å²) in [4.78, 5) is 28.1. The topological polar surface area (TPSA) is 121 Å². The first-order valence-electron chi connectivity index (χ1n) is 10.3. The van der Waals surface area contributed by atoms with Crippen molar-refractivity contribution in [2.75, 3.05) is 25.0 Å². The molecule has 4 rings (SSSR count). The summed E-state index contributed by atoms with van der Waals surface area (Å²) in [7, 11) is 1.77. The summed E-state index contributed by atoms with van der Waals surface area (Å²) >= 11 is 0. The van der Waals surface area contributed by atoms with Gasteiger partial charge in [0.15, 0.2) is 5.82 Å². The van der Waals surface area contributed by atoms with Gasteiger partial charge in [0, 0.05) is 31.9 Å². The summed E-state index contributed by atoms with van der Waals surface area (Å²) in [5.74, 6) is 0.848. The second kappa shape index (κ2) is 9.79. The summed E-state index contributed by atoms with van der Waals surface area (Å²) in [5.41, 5.74) is 2.66. The number of nitrogens with one attached hydrogen (secondary N) is 1. The van der Waals surface area contributed by atoms with Gasteiger partial charge in [-0.25, -0.2) is 19.8 Å². The molecular weight excluding hydrogens is 417 g/mol. The number of benzene rings is 1. The van der Waals surface area contributed by atoms with E-state index in [1.807, 2.05) is 6.07 Å². The van der Waals surface area contributed by atoms with Crippen LogP contribution in [0.2, 0.25) is 0 Å². The Morgan fingerprint density at radius 2 is 2.06 bits per heavy atom. The van der Waals surface area contributed by atoms with Crippen LogP contribution in [0.3, 0.4) is 0 Å². The lowest BCUT2D eigenvalue weighted by Gasteiger charge is -2.30. The van der Waals surface area contributed by atoms with Crippen LogP contribution in [-0.4, -0.2) is 56.3 Å². The second-order valence-corrected chi connectivity index (χ2v) is 7.80. The number of hydrogen-bond donors (Lipinski definition) is 2. The lowest BCUT2D eigenvalue weighted by molar-refractivity contribution is 0.0705. The molecule has 0 unspecified atom stereocenters. The maximum absolute atomic E-state index is 13.4. The molecule has 1 fully saturated rings. The predicted octanol–water partition coefficient (Wildman–Crippen LogP) is 2.13. The summed E-state index contributed by atoms with van der Waals surface area (Å²) < 4.78 is 18.8. The first-order valence-corrected chi connectivity index (χ1v) is 10.3. The van der Waals surface area contributed by atoms with Crippen LogP contribution in [0.4, 0.5) is 10.3 Å². The number of halogens is 1. The smallest absolute Gasteiger partial charge is 0.277 e. The zero-order valence-corrected chi connectivity index (χ0v) is 17.6. The van der Waals surface area contributed by atoms with Crippen LogP contribution in [0.1, 0.15) is 46.4 Å². The molecule has 3 aromatic rings. The number of hydrogen-bond acceptors (Lipinski definition) is 9. The molecule has 0 spiro atoms. The predicted molar refractivity (Wildman–Crippen MR) is 111 cm³/mol. The maximum atomic E-state index is 13.4. The molecule has 2 aromatic heterocycles. The molecule has 1 saturated heterocycles.